The van der Waals surface area contributed by atoms with E-state index in [1.165, 1.54) is 0 Å². The normalized spacial score (nSPS) is 23.6. The number of carboxylic acids is 1. The number of aliphatic hydroxyl groups excluding tert-OH is 1. The van der Waals surface area contributed by atoms with Crippen molar-refractivity contribution >= 4 is 11.9 Å². The van der Waals surface area contributed by atoms with E-state index in [2.05, 4.69) is 15.0 Å². The van der Waals surface area contributed by atoms with Crippen LogP contribution in [0.4, 0.5) is 0 Å². The van der Waals surface area contributed by atoms with Crippen LogP contribution in [0.2, 0.25) is 0 Å². The molecule has 98 valence electrons. The maximum Gasteiger partial charge on any atom is 0.374 e. The summed E-state index contributed by atoms with van der Waals surface area (Å²) < 4.78 is 4.50. The van der Waals surface area contributed by atoms with Gasteiger partial charge in [-0.1, -0.05) is 5.16 Å². The molecule has 1 aromatic heterocycles. The summed E-state index contributed by atoms with van der Waals surface area (Å²) in [6.07, 6.45) is 2.44. The smallest absolute Gasteiger partial charge is 0.374 e. The topological polar surface area (TPSA) is 113 Å². The first-order valence-corrected chi connectivity index (χ1v) is 5.75. The second kappa shape index (κ2) is 5.18. The number of hydrogen-bond acceptors (Lipinski definition) is 5. The molecule has 0 atom stereocenters. The first-order valence-electron chi connectivity index (χ1n) is 5.75. The molecule has 2 rings (SSSR count). The fraction of sp³-hybridized carbons (Fsp3) is 0.545. The molecule has 1 heterocycles. The molecule has 0 radical (unpaired) electrons. The Bertz CT molecular complexity index is 448. The average molecular weight is 254 g/mol. The standard InChI is InChI=1S/C11H14N2O5/c14-7-3-1-6(2-4-7)12-10(15)8-5-9(11(16)17)18-13-8/h5-7,14H,1-4H2,(H,12,15)(H,16,17). The minimum absolute atomic E-state index is 0.00845. The lowest BCUT2D eigenvalue weighted by Gasteiger charge is -2.25. The van der Waals surface area contributed by atoms with Crippen molar-refractivity contribution in [2.24, 2.45) is 0 Å². The third kappa shape index (κ3) is 2.86. The summed E-state index contributed by atoms with van der Waals surface area (Å²) in [5, 5.41) is 24.1. The first-order chi connectivity index (χ1) is 8.56. The van der Waals surface area contributed by atoms with Crippen molar-refractivity contribution in [2.45, 2.75) is 37.8 Å². The van der Waals surface area contributed by atoms with Crippen molar-refractivity contribution in [3.63, 3.8) is 0 Å². The number of aliphatic hydroxyl groups is 1. The number of rotatable bonds is 3. The molecule has 0 aromatic carbocycles. The van der Waals surface area contributed by atoms with Gasteiger partial charge < -0.3 is 20.1 Å². The molecule has 0 bridgehead atoms. The SMILES string of the molecule is O=C(NC1CCC(O)CC1)c1cc(C(=O)O)on1. The highest BCUT2D eigenvalue weighted by atomic mass is 16.5. The molecular weight excluding hydrogens is 240 g/mol. The maximum absolute atomic E-state index is 11.7. The molecule has 18 heavy (non-hydrogen) atoms. The van der Waals surface area contributed by atoms with Crippen molar-refractivity contribution in [3.05, 3.63) is 17.5 Å². The zero-order chi connectivity index (χ0) is 13.1. The van der Waals surface area contributed by atoms with E-state index in [1.54, 1.807) is 0 Å². The summed E-state index contributed by atoms with van der Waals surface area (Å²) in [5.74, 6) is -2.07. The molecule has 1 aromatic rings. The second-order valence-corrected chi connectivity index (χ2v) is 4.36. The molecule has 0 spiro atoms. The Morgan fingerprint density at radius 1 is 1.33 bits per heavy atom. The van der Waals surface area contributed by atoms with Crippen LogP contribution in [0, 0.1) is 0 Å². The molecule has 1 aliphatic rings. The van der Waals surface area contributed by atoms with Gasteiger partial charge in [0, 0.05) is 12.1 Å². The molecule has 1 saturated carbocycles. The molecule has 7 heteroatoms. The van der Waals surface area contributed by atoms with Gasteiger partial charge in [-0.15, -0.1) is 0 Å². The zero-order valence-corrected chi connectivity index (χ0v) is 9.63. The van der Waals surface area contributed by atoms with Crippen LogP contribution in [0.1, 0.15) is 46.7 Å². The number of nitrogens with zero attached hydrogens (tertiary/aromatic N) is 1. The molecule has 1 fully saturated rings. The van der Waals surface area contributed by atoms with E-state index in [4.69, 9.17) is 5.11 Å². The van der Waals surface area contributed by atoms with E-state index in [0.717, 1.165) is 6.07 Å². The molecule has 7 nitrogen and oxygen atoms in total. The Labute approximate surface area is 103 Å². The lowest BCUT2D eigenvalue weighted by Crippen LogP contribution is -2.38. The largest absolute Gasteiger partial charge is 0.475 e. The van der Waals surface area contributed by atoms with Gasteiger partial charge >= 0.3 is 5.97 Å². The highest BCUT2D eigenvalue weighted by Crippen LogP contribution is 2.18. The van der Waals surface area contributed by atoms with Gasteiger partial charge in [-0.05, 0) is 25.7 Å². The fourth-order valence-electron chi connectivity index (χ4n) is 1.96. The van der Waals surface area contributed by atoms with Gasteiger partial charge in [-0.3, -0.25) is 4.79 Å². The van der Waals surface area contributed by atoms with Crippen LogP contribution in [0.15, 0.2) is 10.6 Å². The van der Waals surface area contributed by atoms with E-state index in [-0.39, 0.29) is 23.6 Å². The second-order valence-electron chi connectivity index (χ2n) is 4.36. The molecular formula is C11H14N2O5. The Kier molecular flexibility index (Phi) is 3.61. The number of hydrogen-bond donors (Lipinski definition) is 3. The Balaban J connectivity index is 1.93. The third-order valence-corrected chi connectivity index (χ3v) is 2.99. The lowest BCUT2D eigenvalue weighted by atomic mass is 9.93. The van der Waals surface area contributed by atoms with E-state index >= 15 is 0 Å². The number of amides is 1. The molecule has 0 aliphatic heterocycles. The van der Waals surface area contributed by atoms with Crippen molar-refractivity contribution in [2.75, 3.05) is 0 Å². The summed E-state index contributed by atoms with van der Waals surface area (Å²) in [4.78, 5) is 22.3. The number of aromatic carboxylic acids is 1. The van der Waals surface area contributed by atoms with Gasteiger partial charge in [0.1, 0.15) is 0 Å². The van der Waals surface area contributed by atoms with Gasteiger partial charge in [0.2, 0.25) is 5.76 Å². The van der Waals surface area contributed by atoms with E-state index < -0.39 is 11.9 Å². The number of nitrogens with one attached hydrogen (secondary N) is 1. The molecule has 0 saturated heterocycles. The van der Waals surface area contributed by atoms with E-state index in [1.807, 2.05) is 0 Å². The summed E-state index contributed by atoms with van der Waals surface area (Å²) in [5.41, 5.74) is -0.0430. The lowest BCUT2D eigenvalue weighted by molar-refractivity contribution is 0.0650. The third-order valence-electron chi connectivity index (χ3n) is 2.99. The van der Waals surface area contributed by atoms with Gasteiger partial charge in [0.25, 0.3) is 5.91 Å². The minimum atomic E-state index is -1.26. The van der Waals surface area contributed by atoms with Crippen LogP contribution in [0.3, 0.4) is 0 Å². The monoisotopic (exact) mass is 254 g/mol. The van der Waals surface area contributed by atoms with Crippen LogP contribution >= 0.6 is 0 Å². The average Bonchev–Trinajstić information content (AvgIpc) is 2.81. The minimum Gasteiger partial charge on any atom is -0.475 e. The zero-order valence-electron chi connectivity index (χ0n) is 9.63. The van der Waals surface area contributed by atoms with Crippen LogP contribution in [-0.2, 0) is 0 Å². The van der Waals surface area contributed by atoms with Gasteiger partial charge in [-0.25, -0.2) is 4.79 Å². The molecule has 1 amide bonds. The highest BCUT2D eigenvalue weighted by Gasteiger charge is 2.23. The quantitative estimate of drug-likeness (QED) is 0.720. The van der Waals surface area contributed by atoms with Crippen molar-refractivity contribution < 1.29 is 24.3 Å². The van der Waals surface area contributed by atoms with Crippen LogP contribution < -0.4 is 5.32 Å². The molecule has 0 unspecified atom stereocenters. The van der Waals surface area contributed by atoms with E-state index in [9.17, 15) is 14.7 Å². The fourth-order valence-corrected chi connectivity index (χ4v) is 1.96. The maximum atomic E-state index is 11.7. The highest BCUT2D eigenvalue weighted by molar-refractivity contribution is 5.94. The van der Waals surface area contributed by atoms with Gasteiger partial charge in [0.15, 0.2) is 5.69 Å². The Morgan fingerprint density at radius 2 is 2.00 bits per heavy atom. The Morgan fingerprint density at radius 3 is 2.56 bits per heavy atom. The number of aromatic nitrogens is 1. The summed E-state index contributed by atoms with van der Waals surface area (Å²) >= 11 is 0. The molecule has 3 N–H and O–H groups in total. The number of carbonyl (C=O) groups excluding carboxylic acids is 1. The Hall–Kier alpha value is -1.89. The van der Waals surface area contributed by atoms with E-state index in [0.29, 0.717) is 25.7 Å². The summed E-state index contributed by atoms with van der Waals surface area (Å²) in [7, 11) is 0. The summed E-state index contributed by atoms with van der Waals surface area (Å²) in [6.45, 7) is 0. The number of carbonyl (C=O) groups is 2. The van der Waals surface area contributed by atoms with Gasteiger partial charge in [0.05, 0.1) is 6.10 Å². The van der Waals surface area contributed by atoms with Crippen LogP contribution in [0.5, 0.6) is 0 Å². The molecule has 1 aliphatic carbocycles. The van der Waals surface area contributed by atoms with Crippen molar-refractivity contribution in [1.29, 1.82) is 0 Å². The van der Waals surface area contributed by atoms with Crippen LogP contribution in [-0.4, -0.2) is 39.4 Å². The predicted molar refractivity (Wildman–Crippen MR) is 59.2 cm³/mol. The first kappa shape index (κ1) is 12.6. The van der Waals surface area contributed by atoms with Gasteiger partial charge in [-0.2, -0.15) is 0 Å². The van der Waals surface area contributed by atoms with Crippen LogP contribution in [0.25, 0.3) is 0 Å². The summed E-state index contributed by atoms with van der Waals surface area (Å²) in [6, 6.07) is 1.08. The van der Waals surface area contributed by atoms with Crippen molar-refractivity contribution in [3.8, 4) is 0 Å². The van der Waals surface area contributed by atoms with Crippen molar-refractivity contribution in [1.82, 2.24) is 10.5 Å². The predicted octanol–water partition coefficient (Wildman–Crippen LogP) is 0.406. The number of carboxylic acid groups (broad SMARTS) is 1.